The van der Waals surface area contributed by atoms with Crippen LogP contribution in [0.1, 0.15) is 16.8 Å². The molecule has 2 aromatic carbocycles. The van der Waals surface area contributed by atoms with Gasteiger partial charge in [-0.25, -0.2) is 0 Å². The molecule has 1 heterocycles. The Morgan fingerprint density at radius 1 is 1.04 bits per heavy atom. The Kier molecular flexibility index (Phi) is 6.04. The van der Waals surface area contributed by atoms with Crippen molar-refractivity contribution in [3.63, 3.8) is 0 Å². The van der Waals surface area contributed by atoms with Crippen molar-refractivity contribution < 1.29 is 14.4 Å². The third-order valence-corrected chi connectivity index (χ3v) is 5.38. The molecule has 1 saturated heterocycles. The molecule has 1 atom stereocenters. The number of hydrogen-bond donors (Lipinski definition) is 2. The minimum Gasteiger partial charge on any atom is -0.312 e. The minimum absolute atomic E-state index is 0.0739. The number of benzene rings is 2. The van der Waals surface area contributed by atoms with Gasteiger partial charge < -0.3 is 4.90 Å². The van der Waals surface area contributed by atoms with Crippen LogP contribution in [-0.4, -0.2) is 24.3 Å². The number of nitrogens with zero attached hydrogens (tertiary/aromatic N) is 1. The number of amides is 3. The summed E-state index contributed by atoms with van der Waals surface area (Å²) in [5.74, 6) is -1.67. The minimum atomic E-state index is -0.560. The van der Waals surface area contributed by atoms with Gasteiger partial charge in [0.05, 0.1) is 16.0 Å². The Balaban J connectivity index is 1.58. The molecule has 27 heavy (non-hydrogen) atoms. The fourth-order valence-electron chi connectivity index (χ4n) is 2.68. The second kappa shape index (κ2) is 8.29. The van der Waals surface area contributed by atoms with Crippen molar-refractivity contribution in [1.82, 2.24) is 10.9 Å². The molecule has 3 rings (SSSR count). The lowest BCUT2D eigenvalue weighted by atomic mass is 10.1. The van der Waals surface area contributed by atoms with Gasteiger partial charge in [-0.05, 0) is 42.5 Å². The molecule has 0 bridgehead atoms. The molecule has 2 aromatic rings. The Hall–Kier alpha value is -2.09. The number of halogens is 3. The van der Waals surface area contributed by atoms with Gasteiger partial charge in [-0.15, -0.1) is 0 Å². The van der Waals surface area contributed by atoms with Crippen LogP contribution in [0.4, 0.5) is 5.69 Å². The summed E-state index contributed by atoms with van der Waals surface area (Å²) in [7, 11) is 0. The molecule has 1 aliphatic heterocycles. The summed E-state index contributed by atoms with van der Waals surface area (Å²) in [5.41, 5.74) is 5.65. The van der Waals surface area contributed by atoms with Crippen molar-refractivity contribution >= 4 is 62.5 Å². The van der Waals surface area contributed by atoms with Crippen molar-refractivity contribution in [1.29, 1.82) is 0 Å². The van der Waals surface area contributed by atoms with Gasteiger partial charge in [-0.1, -0.05) is 39.1 Å². The molecule has 0 aromatic heterocycles. The fourth-order valence-corrected chi connectivity index (χ4v) is 3.25. The average Bonchev–Trinajstić information content (AvgIpc) is 3.04. The van der Waals surface area contributed by atoms with E-state index in [0.717, 1.165) is 10.2 Å². The fraction of sp³-hybridized carbons (Fsp3) is 0.167. The summed E-state index contributed by atoms with van der Waals surface area (Å²) in [6, 6.07) is 11.6. The number of anilines is 1. The first-order valence-electron chi connectivity index (χ1n) is 7.96. The molecule has 0 radical (unpaired) electrons. The molecule has 3 amide bonds. The zero-order chi connectivity index (χ0) is 19.6. The lowest BCUT2D eigenvalue weighted by Gasteiger charge is -2.17. The molecule has 0 unspecified atom stereocenters. The SMILES string of the molecule is O=C(NNC(=O)[C@H]1CC(=O)N(c2ccc(Br)cc2)C1)c1ccc(Cl)c(Cl)c1. The van der Waals surface area contributed by atoms with Gasteiger partial charge in [0.2, 0.25) is 11.8 Å². The largest absolute Gasteiger partial charge is 0.312 e. The summed E-state index contributed by atoms with van der Waals surface area (Å²) < 4.78 is 0.900. The summed E-state index contributed by atoms with van der Waals surface area (Å²) in [6.45, 7) is 0.245. The van der Waals surface area contributed by atoms with Crippen LogP contribution in [0, 0.1) is 5.92 Å². The highest BCUT2D eigenvalue weighted by Gasteiger charge is 2.35. The van der Waals surface area contributed by atoms with E-state index in [2.05, 4.69) is 26.8 Å². The van der Waals surface area contributed by atoms with E-state index in [4.69, 9.17) is 23.2 Å². The van der Waals surface area contributed by atoms with Crippen LogP contribution in [-0.2, 0) is 9.59 Å². The average molecular weight is 471 g/mol. The standard InChI is InChI=1S/C18H14BrCl2N3O3/c19-12-2-4-13(5-3-12)24-9-11(8-16(24)25)18(27)23-22-17(26)10-1-6-14(20)15(21)7-10/h1-7,11H,8-9H2,(H,22,26)(H,23,27)/t11-/m0/s1. The third kappa shape index (κ3) is 4.61. The van der Waals surface area contributed by atoms with E-state index in [1.165, 1.54) is 18.2 Å². The zero-order valence-electron chi connectivity index (χ0n) is 13.8. The van der Waals surface area contributed by atoms with E-state index in [-0.39, 0.29) is 29.5 Å². The first-order valence-corrected chi connectivity index (χ1v) is 9.51. The number of rotatable bonds is 3. The molecule has 1 aliphatic rings. The van der Waals surface area contributed by atoms with E-state index >= 15 is 0 Å². The van der Waals surface area contributed by atoms with Crippen molar-refractivity contribution in [2.75, 3.05) is 11.4 Å². The first-order chi connectivity index (χ1) is 12.8. The molecule has 6 nitrogen and oxygen atoms in total. The Morgan fingerprint density at radius 3 is 2.41 bits per heavy atom. The van der Waals surface area contributed by atoms with Crippen LogP contribution in [0.5, 0.6) is 0 Å². The maximum absolute atomic E-state index is 12.3. The van der Waals surface area contributed by atoms with Crippen molar-refractivity contribution in [3.05, 3.63) is 62.5 Å². The topological polar surface area (TPSA) is 78.5 Å². The Morgan fingerprint density at radius 2 is 1.74 bits per heavy atom. The molecular formula is C18H14BrCl2N3O3. The number of carbonyl (C=O) groups excluding carboxylic acids is 3. The number of carbonyl (C=O) groups is 3. The van der Waals surface area contributed by atoms with Gasteiger partial charge in [0.15, 0.2) is 0 Å². The maximum Gasteiger partial charge on any atom is 0.269 e. The second-order valence-corrected chi connectivity index (χ2v) is 7.68. The van der Waals surface area contributed by atoms with Gasteiger partial charge in [-0.2, -0.15) is 0 Å². The van der Waals surface area contributed by atoms with Crippen LogP contribution >= 0.6 is 39.1 Å². The monoisotopic (exact) mass is 469 g/mol. The molecule has 1 fully saturated rings. The van der Waals surface area contributed by atoms with Crippen LogP contribution in [0.25, 0.3) is 0 Å². The Bertz CT molecular complexity index is 905. The van der Waals surface area contributed by atoms with Gasteiger partial charge >= 0.3 is 0 Å². The molecule has 140 valence electrons. The van der Waals surface area contributed by atoms with Gasteiger partial charge in [0.25, 0.3) is 5.91 Å². The molecule has 2 N–H and O–H groups in total. The van der Waals surface area contributed by atoms with Gasteiger partial charge in [0, 0.05) is 28.7 Å². The lowest BCUT2D eigenvalue weighted by Crippen LogP contribution is -2.45. The number of hydrazine groups is 1. The summed E-state index contributed by atoms with van der Waals surface area (Å²) in [4.78, 5) is 38.2. The van der Waals surface area contributed by atoms with Crippen molar-refractivity contribution in [2.24, 2.45) is 5.92 Å². The van der Waals surface area contributed by atoms with E-state index < -0.39 is 17.7 Å². The maximum atomic E-state index is 12.3. The van der Waals surface area contributed by atoms with Crippen molar-refractivity contribution in [3.8, 4) is 0 Å². The predicted molar refractivity (Wildman–Crippen MR) is 107 cm³/mol. The number of nitrogens with one attached hydrogen (secondary N) is 2. The van der Waals surface area contributed by atoms with Gasteiger partial charge in [-0.3, -0.25) is 25.2 Å². The van der Waals surface area contributed by atoms with Crippen LogP contribution < -0.4 is 15.8 Å². The second-order valence-electron chi connectivity index (χ2n) is 5.95. The quantitative estimate of drug-likeness (QED) is 0.673. The summed E-state index contributed by atoms with van der Waals surface area (Å²) >= 11 is 15.0. The highest BCUT2D eigenvalue weighted by molar-refractivity contribution is 9.10. The molecular weight excluding hydrogens is 457 g/mol. The summed E-state index contributed by atoms with van der Waals surface area (Å²) in [6.07, 6.45) is 0.0739. The molecule has 0 saturated carbocycles. The molecule has 9 heteroatoms. The predicted octanol–water partition coefficient (Wildman–Crippen LogP) is 3.57. The lowest BCUT2D eigenvalue weighted by molar-refractivity contribution is -0.126. The molecule has 0 aliphatic carbocycles. The van der Waals surface area contributed by atoms with Crippen molar-refractivity contribution in [2.45, 2.75) is 6.42 Å². The number of hydrogen-bond acceptors (Lipinski definition) is 3. The Labute approximate surface area is 173 Å². The van der Waals surface area contributed by atoms with E-state index in [1.54, 1.807) is 17.0 Å². The van der Waals surface area contributed by atoms with E-state index in [0.29, 0.717) is 5.02 Å². The summed E-state index contributed by atoms with van der Waals surface area (Å²) in [5, 5.41) is 0.567. The van der Waals surface area contributed by atoms with Gasteiger partial charge in [0.1, 0.15) is 0 Å². The third-order valence-electron chi connectivity index (χ3n) is 4.12. The normalized spacial score (nSPS) is 16.3. The van der Waals surface area contributed by atoms with Crippen LogP contribution in [0.3, 0.4) is 0 Å². The van der Waals surface area contributed by atoms with Crippen LogP contribution in [0.2, 0.25) is 10.0 Å². The highest BCUT2D eigenvalue weighted by Crippen LogP contribution is 2.26. The zero-order valence-corrected chi connectivity index (χ0v) is 16.9. The first kappa shape index (κ1) is 19.7. The van der Waals surface area contributed by atoms with E-state index in [9.17, 15) is 14.4 Å². The van der Waals surface area contributed by atoms with Crippen LogP contribution in [0.15, 0.2) is 46.9 Å². The highest BCUT2D eigenvalue weighted by atomic mass is 79.9. The smallest absolute Gasteiger partial charge is 0.269 e. The van der Waals surface area contributed by atoms with E-state index in [1.807, 2.05) is 12.1 Å². The molecule has 0 spiro atoms.